The highest BCUT2D eigenvalue weighted by Gasteiger charge is 2.21. The van der Waals surface area contributed by atoms with Crippen molar-refractivity contribution >= 4 is 11.7 Å². The number of benzene rings is 1. The number of rotatable bonds is 7. The maximum absolute atomic E-state index is 12.3. The summed E-state index contributed by atoms with van der Waals surface area (Å²) in [5.74, 6) is -0.101. The molecule has 1 rings (SSSR count). The van der Waals surface area contributed by atoms with Crippen LogP contribution in [-0.4, -0.2) is 30.4 Å². The van der Waals surface area contributed by atoms with E-state index in [1.54, 1.807) is 13.0 Å². The van der Waals surface area contributed by atoms with E-state index in [-0.39, 0.29) is 16.9 Å². The Morgan fingerprint density at radius 2 is 2.00 bits per heavy atom. The summed E-state index contributed by atoms with van der Waals surface area (Å²) in [6.07, 6.45) is 0.0540. The molecule has 124 valence electrons. The molecule has 1 atom stereocenters. The van der Waals surface area contributed by atoms with Crippen LogP contribution in [0.3, 0.4) is 0 Å². The van der Waals surface area contributed by atoms with E-state index in [1.165, 1.54) is 18.2 Å². The van der Waals surface area contributed by atoms with Gasteiger partial charge in [-0.2, -0.15) is 8.78 Å². The number of anilines is 1. The van der Waals surface area contributed by atoms with Gasteiger partial charge in [0.05, 0.1) is 11.8 Å². The predicted molar refractivity (Wildman–Crippen MR) is 80.2 cm³/mol. The van der Waals surface area contributed by atoms with Gasteiger partial charge in [0.2, 0.25) is 0 Å². The molecule has 0 heterocycles. The van der Waals surface area contributed by atoms with Crippen LogP contribution in [0.4, 0.5) is 19.3 Å². The van der Waals surface area contributed by atoms with Crippen LogP contribution in [0.1, 0.15) is 27.2 Å². The average Bonchev–Trinajstić information content (AvgIpc) is 2.37. The molecular formula is C15H22F2N2O3. The summed E-state index contributed by atoms with van der Waals surface area (Å²) in [5.41, 5.74) is -0.126. The van der Waals surface area contributed by atoms with Crippen molar-refractivity contribution in [1.29, 1.82) is 0 Å². The van der Waals surface area contributed by atoms with E-state index in [0.29, 0.717) is 13.0 Å². The first-order valence-corrected chi connectivity index (χ1v) is 6.96. The highest BCUT2D eigenvalue weighted by molar-refractivity contribution is 5.90. The molecule has 0 spiro atoms. The number of para-hydroxylation sites is 2. The summed E-state index contributed by atoms with van der Waals surface area (Å²) in [4.78, 5) is 11.9. The number of aliphatic hydroxyl groups is 1. The van der Waals surface area contributed by atoms with E-state index in [0.717, 1.165) is 0 Å². The van der Waals surface area contributed by atoms with E-state index >= 15 is 0 Å². The molecule has 1 aromatic carbocycles. The molecule has 3 N–H and O–H groups in total. The number of hydrogen-bond acceptors (Lipinski definition) is 3. The highest BCUT2D eigenvalue weighted by Crippen LogP contribution is 2.25. The SMILES string of the molecule is CC(O)CC(C)(C)CNC(=O)Nc1ccccc1OC(F)F. The molecule has 2 amide bonds. The Hall–Kier alpha value is -1.89. The fourth-order valence-corrected chi connectivity index (χ4v) is 2.13. The largest absolute Gasteiger partial charge is 0.433 e. The molecule has 0 fully saturated rings. The van der Waals surface area contributed by atoms with Gasteiger partial charge in [-0.25, -0.2) is 4.79 Å². The van der Waals surface area contributed by atoms with Gasteiger partial charge >= 0.3 is 12.6 Å². The Kier molecular flexibility index (Phi) is 6.55. The van der Waals surface area contributed by atoms with Crippen LogP contribution in [0.25, 0.3) is 0 Å². The van der Waals surface area contributed by atoms with Crippen molar-refractivity contribution in [2.45, 2.75) is 39.9 Å². The second-order valence-corrected chi connectivity index (χ2v) is 5.90. The molecule has 1 aromatic rings. The third-order valence-electron chi connectivity index (χ3n) is 2.93. The van der Waals surface area contributed by atoms with Gasteiger partial charge < -0.3 is 20.5 Å². The van der Waals surface area contributed by atoms with Gasteiger partial charge in [0.1, 0.15) is 5.75 Å². The summed E-state index contributed by atoms with van der Waals surface area (Å²) < 4.78 is 28.9. The van der Waals surface area contributed by atoms with Crippen LogP contribution >= 0.6 is 0 Å². The molecule has 0 aliphatic carbocycles. The maximum atomic E-state index is 12.3. The third kappa shape index (κ3) is 6.71. The number of carbonyl (C=O) groups excluding carboxylic acids is 1. The van der Waals surface area contributed by atoms with E-state index in [9.17, 15) is 18.7 Å². The van der Waals surface area contributed by atoms with Crippen molar-refractivity contribution < 1.29 is 23.4 Å². The molecule has 7 heteroatoms. The Morgan fingerprint density at radius 3 is 2.59 bits per heavy atom. The first-order chi connectivity index (χ1) is 10.2. The van der Waals surface area contributed by atoms with E-state index in [1.807, 2.05) is 13.8 Å². The zero-order chi connectivity index (χ0) is 16.8. The van der Waals surface area contributed by atoms with Crippen molar-refractivity contribution in [2.24, 2.45) is 5.41 Å². The fraction of sp³-hybridized carbons (Fsp3) is 0.533. The molecular weight excluding hydrogens is 294 g/mol. The molecule has 0 saturated carbocycles. The van der Waals surface area contributed by atoms with E-state index in [2.05, 4.69) is 15.4 Å². The zero-order valence-electron chi connectivity index (χ0n) is 12.9. The molecule has 0 radical (unpaired) electrons. The predicted octanol–water partition coefficient (Wildman–Crippen LogP) is 3.21. The average molecular weight is 316 g/mol. The van der Waals surface area contributed by atoms with Crippen molar-refractivity contribution in [2.75, 3.05) is 11.9 Å². The minimum atomic E-state index is -2.96. The number of carbonyl (C=O) groups is 1. The van der Waals surface area contributed by atoms with Crippen molar-refractivity contribution in [3.05, 3.63) is 24.3 Å². The summed E-state index contributed by atoms with van der Waals surface area (Å²) in [6.45, 7) is 2.87. The summed E-state index contributed by atoms with van der Waals surface area (Å²) in [7, 11) is 0. The quantitative estimate of drug-likeness (QED) is 0.723. The van der Waals surface area contributed by atoms with Crippen LogP contribution in [0.5, 0.6) is 5.75 Å². The van der Waals surface area contributed by atoms with Crippen molar-refractivity contribution in [3.8, 4) is 5.75 Å². The third-order valence-corrected chi connectivity index (χ3v) is 2.93. The smallest absolute Gasteiger partial charge is 0.387 e. The van der Waals surface area contributed by atoms with Crippen LogP contribution in [0.2, 0.25) is 0 Å². The highest BCUT2D eigenvalue weighted by atomic mass is 19.3. The maximum Gasteiger partial charge on any atom is 0.387 e. The molecule has 0 aliphatic heterocycles. The minimum Gasteiger partial charge on any atom is -0.433 e. The molecule has 5 nitrogen and oxygen atoms in total. The van der Waals surface area contributed by atoms with Gasteiger partial charge in [-0.1, -0.05) is 26.0 Å². The molecule has 0 bridgehead atoms. The number of amides is 2. The summed E-state index contributed by atoms with van der Waals surface area (Å²) in [5, 5.41) is 14.5. The standard InChI is InChI=1S/C15H22F2N2O3/c1-10(20)8-15(2,3)9-18-14(21)19-11-6-4-5-7-12(11)22-13(16)17/h4-7,10,13,20H,8-9H2,1-3H3,(H2,18,19,21). The number of aliphatic hydroxyl groups excluding tert-OH is 1. The summed E-state index contributed by atoms with van der Waals surface area (Å²) in [6, 6.07) is 5.43. The van der Waals surface area contributed by atoms with Gasteiger partial charge in [-0.3, -0.25) is 0 Å². The first-order valence-electron chi connectivity index (χ1n) is 6.96. The Bertz CT molecular complexity index is 493. The van der Waals surface area contributed by atoms with Crippen LogP contribution in [0, 0.1) is 5.41 Å². The van der Waals surface area contributed by atoms with Crippen molar-refractivity contribution in [3.63, 3.8) is 0 Å². The first kappa shape index (κ1) is 18.2. The van der Waals surface area contributed by atoms with Gasteiger partial charge in [0.15, 0.2) is 0 Å². The number of halogens is 2. The summed E-state index contributed by atoms with van der Waals surface area (Å²) >= 11 is 0. The normalized spacial score (nSPS) is 12.9. The molecule has 0 saturated heterocycles. The number of ether oxygens (including phenoxy) is 1. The van der Waals surface area contributed by atoms with Crippen LogP contribution < -0.4 is 15.4 Å². The fourth-order valence-electron chi connectivity index (χ4n) is 2.13. The second kappa shape index (κ2) is 7.93. The molecule has 0 aliphatic rings. The van der Waals surface area contributed by atoms with Gasteiger partial charge in [-0.05, 0) is 30.9 Å². The lowest BCUT2D eigenvalue weighted by atomic mass is 9.87. The monoisotopic (exact) mass is 316 g/mol. The second-order valence-electron chi connectivity index (χ2n) is 5.90. The number of urea groups is 1. The topological polar surface area (TPSA) is 70.6 Å². The number of nitrogens with one attached hydrogen (secondary N) is 2. The van der Waals surface area contributed by atoms with E-state index < -0.39 is 18.7 Å². The van der Waals surface area contributed by atoms with Crippen LogP contribution in [0.15, 0.2) is 24.3 Å². The number of alkyl halides is 2. The lowest BCUT2D eigenvalue weighted by Crippen LogP contribution is -2.38. The van der Waals surface area contributed by atoms with E-state index in [4.69, 9.17) is 0 Å². The van der Waals surface area contributed by atoms with Gasteiger partial charge in [0, 0.05) is 6.54 Å². The van der Waals surface area contributed by atoms with Crippen molar-refractivity contribution in [1.82, 2.24) is 5.32 Å². The number of hydrogen-bond donors (Lipinski definition) is 3. The molecule has 22 heavy (non-hydrogen) atoms. The molecule has 1 unspecified atom stereocenters. The Morgan fingerprint density at radius 1 is 1.36 bits per heavy atom. The molecule has 0 aromatic heterocycles. The van der Waals surface area contributed by atoms with Gasteiger partial charge in [-0.15, -0.1) is 0 Å². The Balaban J connectivity index is 2.59. The van der Waals surface area contributed by atoms with Crippen LogP contribution in [-0.2, 0) is 0 Å². The Labute approximate surface area is 128 Å². The zero-order valence-corrected chi connectivity index (χ0v) is 12.9. The minimum absolute atomic E-state index is 0.101. The lowest BCUT2D eigenvalue weighted by molar-refractivity contribution is -0.0493. The van der Waals surface area contributed by atoms with Gasteiger partial charge in [0.25, 0.3) is 0 Å². The lowest BCUT2D eigenvalue weighted by Gasteiger charge is -2.26.